The van der Waals surface area contributed by atoms with Gasteiger partial charge in [-0.15, -0.1) is 0 Å². The van der Waals surface area contributed by atoms with Crippen LogP contribution in [0, 0.1) is 5.92 Å². The van der Waals surface area contributed by atoms with Gasteiger partial charge in [-0.25, -0.2) is 4.79 Å². The summed E-state index contributed by atoms with van der Waals surface area (Å²) >= 11 is 6.91. The van der Waals surface area contributed by atoms with Gasteiger partial charge < -0.3 is 18.9 Å². The SMILES string of the molecule is COC(=O)C1=COC2(CCc3ccc(Br)cc32)CC1=O.COC(=O)C1COC2(CCc3ccc(Br)cc32)CC1=O. The van der Waals surface area contributed by atoms with Crippen molar-refractivity contribution in [3.63, 3.8) is 0 Å². The van der Waals surface area contributed by atoms with Crippen LogP contribution < -0.4 is 0 Å². The Hall–Kier alpha value is -2.82. The molecule has 0 N–H and O–H groups in total. The molecular weight excluding hydrogens is 648 g/mol. The highest BCUT2D eigenvalue weighted by Crippen LogP contribution is 2.47. The molecule has 1 fully saturated rings. The Balaban J connectivity index is 0.000000161. The molecule has 40 heavy (non-hydrogen) atoms. The highest BCUT2D eigenvalue weighted by atomic mass is 79.9. The number of rotatable bonds is 2. The summed E-state index contributed by atoms with van der Waals surface area (Å²) in [6, 6.07) is 12.1. The molecule has 8 nitrogen and oxygen atoms in total. The lowest BCUT2D eigenvalue weighted by atomic mass is 9.83. The zero-order valence-electron chi connectivity index (χ0n) is 22.1. The Kier molecular flexibility index (Phi) is 8.05. The molecule has 3 atom stereocenters. The van der Waals surface area contributed by atoms with Crippen molar-refractivity contribution in [3.05, 3.63) is 79.4 Å². The number of esters is 2. The van der Waals surface area contributed by atoms with E-state index >= 15 is 0 Å². The van der Waals surface area contributed by atoms with Crippen molar-refractivity contribution in [2.45, 2.75) is 49.7 Å². The Labute approximate surface area is 248 Å². The highest BCUT2D eigenvalue weighted by molar-refractivity contribution is 9.10. The third kappa shape index (κ3) is 5.17. The number of methoxy groups -OCH3 is 2. The topological polar surface area (TPSA) is 105 Å². The maximum atomic E-state index is 12.3. The minimum Gasteiger partial charge on any atom is -0.489 e. The van der Waals surface area contributed by atoms with Gasteiger partial charge in [0, 0.05) is 20.9 Å². The minimum absolute atomic E-state index is 0.0124. The third-order valence-electron chi connectivity index (χ3n) is 8.14. The lowest BCUT2D eigenvalue weighted by molar-refractivity contribution is -0.168. The van der Waals surface area contributed by atoms with Crippen molar-refractivity contribution in [1.82, 2.24) is 0 Å². The van der Waals surface area contributed by atoms with Crippen molar-refractivity contribution >= 4 is 55.4 Å². The zero-order valence-corrected chi connectivity index (χ0v) is 25.3. The number of aryl methyl sites for hydroxylation is 2. The smallest absolute Gasteiger partial charge is 0.344 e. The van der Waals surface area contributed by atoms with Crippen molar-refractivity contribution in [2.75, 3.05) is 20.8 Å². The monoisotopic (exact) mass is 674 g/mol. The normalized spacial score (nSPS) is 26.3. The number of hydrogen-bond acceptors (Lipinski definition) is 8. The quantitative estimate of drug-likeness (QED) is 0.249. The van der Waals surface area contributed by atoms with Crippen LogP contribution in [0.4, 0.5) is 0 Å². The summed E-state index contributed by atoms with van der Waals surface area (Å²) in [5, 5.41) is 0. The number of carbonyl (C=O) groups is 4. The Morgan fingerprint density at radius 2 is 1.48 bits per heavy atom. The molecular formula is C30H28Br2O8. The molecule has 1 saturated heterocycles. The van der Waals surface area contributed by atoms with Gasteiger partial charge in [0.1, 0.15) is 29.0 Å². The molecule has 2 aliphatic carbocycles. The van der Waals surface area contributed by atoms with Crippen LogP contribution in [-0.2, 0) is 62.2 Å². The summed E-state index contributed by atoms with van der Waals surface area (Å²) in [7, 11) is 2.55. The van der Waals surface area contributed by atoms with Gasteiger partial charge in [-0.3, -0.25) is 14.4 Å². The second-order valence-electron chi connectivity index (χ2n) is 10.4. The van der Waals surface area contributed by atoms with E-state index < -0.39 is 29.1 Å². The number of hydrogen-bond donors (Lipinski definition) is 0. The van der Waals surface area contributed by atoms with E-state index in [0.29, 0.717) is 0 Å². The molecule has 3 unspecified atom stereocenters. The van der Waals surface area contributed by atoms with Gasteiger partial charge in [0.05, 0.1) is 27.2 Å². The lowest BCUT2D eigenvalue weighted by Crippen LogP contribution is -2.44. The largest absolute Gasteiger partial charge is 0.489 e. The van der Waals surface area contributed by atoms with Crippen molar-refractivity contribution in [1.29, 1.82) is 0 Å². The van der Waals surface area contributed by atoms with E-state index in [4.69, 9.17) is 9.47 Å². The van der Waals surface area contributed by atoms with E-state index in [2.05, 4.69) is 47.4 Å². The van der Waals surface area contributed by atoms with E-state index in [9.17, 15) is 19.2 Å². The summed E-state index contributed by atoms with van der Waals surface area (Å²) in [4.78, 5) is 47.5. The molecule has 2 aromatic carbocycles. The maximum absolute atomic E-state index is 12.3. The second kappa shape index (κ2) is 11.2. The Morgan fingerprint density at radius 1 is 0.875 bits per heavy atom. The van der Waals surface area contributed by atoms with Crippen LogP contribution in [0.15, 0.2) is 57.2 Å². The fourth-order valence-electron chi connectivity index (χ4n) is 6.00. The number of carbonyl (C=O) groups excluding carboxylic acids is 4. The Bertz CT molecular complexity index is 1430. The summed E-state index contributed by atoms with van der Waals surface area (Å²) in [6.45, 7) is 0.109. The van der Waals surface area contributed by atoms with E-state index in [1.807, 2.05) is 30.3 Å². The summed E-state index contributed by atoms with van der Waals surface area (Å²) < 4.78 is 22.9. The second-order valence-corrected chi connectivity index (χ2v) is 12.2. The van der Waals surface area contributed by atoms with Crippen LogP contribution in [0.25, 0.3) is 0 Å². The van der Waals surface area contributed by atoms with Gasteiger partial charge in [-0.1, -0.05) is 44.0 Å². The first-order valence-corrected chi connectivity index (χ1v) is 14.5. The molecule has 2 heterocycles. The first-order valence-electron chi connectivity index (χ1n) is 12.9. The number of ether oxygens (including phenoxy) is 4. The predicted molar refractivity (Wildman–Crippen MR) is 150 cm³/mol. The molecule has 0 amide bonds. The van der Waals surface area contributed by atoms with Crippen LogP contribution in [0.2, 0.25) is 0 Å². The molecule has 2 aromatic rings. The van der Waals surface area contributed by atoms with Crippen LogP contribution >= 0.6 is 31.9 Å². The van der Waals surface area contributed by atoms with E-state index in [-0.39, 0.29) is 36.6 Å². The van der Waals surface area contributed by atoms with Crippen LogP contribution in [-0.4, -0.2) is 44.3 Å². The van der Waals surface area contributed by atoms with Gasteiger partial charge >= 0.3 is 11.9 Å². The summed E-state index contributed by atoms with van der Waals surface area (Å²) in [6.07, 6.45) is 4.99. The van der Waals surface area contributed by atoms with Crippen molar-refractivity contribution < 1.29 is 38.1 Å². The number of ketones is 2. The van der Waals surface area contributed by atoms with Gasteiger partial charge in [-0.05, 0) is 66.6 Å². The molecule has 4 aliphatic rings. The summed E-state index contributed by atoms with van der Waals surface area (Å²) in [5.41, 5.74) is 3.31. The average Bonchev–Trinajstić information content (AvgIpc) is 3.46. The predicted octanol–water partition coefficient (Wildman–Crippen LogP) is 5.01. The van der Waals surface area contributed by atoms with Gasteiger partial charge in [-0.2, -0.15) is 0 Å². The summed E-state index contributed by atoms with van der Waals surface area (Å²) in [5.74, 6) is -2.23. The Morgan fingerprint density at radius 3 is 2.02 bits per heavy atom. The molecule has 10 heteroatoms. The fraction of sp³-hybridized carbons (Fsp3) is 0.400. The van der Waals surface area contributed by atoms with E-state index in [0.717, 1.165) is 45.8 Å². The number of halogens is 2. The first-order chi connectivity index (χ1) is 19.1. The lowest BCUT2D eigenvalue weighted by Gasteiger charge is -2.36. The van der Waals surface area contributed by atoms with Gasteiger partial charge in [0.25, 0.3) is 0 Å². The van der Waals surface area contributed by atoms with E-state index in [1.54, 1.807) is 0 Å². The molecule has 2 aliphatic heterocycles. The molecule has 0 bridgehead atoms. The van der Waals surface area contributed by atoms with Gasteiger partial charge in [0.2, 0.25) is 0 Å². The molecule has 6 rings (SSSR count). The van der Waals surface area contributed by atoms with Crippen LogP contribution in [0.1, 0.15) is 47.9 Å². The van der Waals surface area contributed by atoms with Crippen molar-refractivity contribution in [2.24, 2.45) is 5.92 Å². The van der Waals surface area contributed by atoms with Crippen molar-refractivity contribution in [3.8, 4) is 0 Å². The molecule has 0 radical (unpaired) electrons. The number of Topliss-reactive ketones (excluding diaryl/α,β-unsaturated/α-hetero) is 2. The average molecular weight is 676 g/mol. The number of benzene rings is 2. The van der Waals surface area contributed by atoms with E-state index in [1.165, 1.54) is 31.6 Å². The van der Waals surface area contributed by atoms with Gasteiger partial charge in [0.15, 0.2) is 11.6 Å². The molecule has 2 spiro atoms. The maximum Gasteiger partial charge on any atom is 0.344 e. The number of fused-ring (bicyclic) bond motifs is 4. The zero-order chi connectivity index (χ0) is 28.7. The molecule has 0 aromatic heterocycles. The fourth-order valence-corrected chi connectivity index (χ4v) is 6.72. The molecule has 0 saturated carbocycles. The third-order valence-corrected chi connectivity index (χ3v) is 9.12. The van der Waals surface area contributed by atoms with Crippen LogP contribution in [0.5, 0.6) is 0 Å². The van der Waals surface area contributed by atoms with Crippen LogP contribution in [0.3, 0.4) is 0 Å². The molecule has 210 valence electrons. The minimum atomic E-state index is -0.776. The standard InChI is InChI=1S/C15H15BrO4.C15H13BrO4/c2*1-19-14(18)11-8-20-15(7-13(11)17)5-4-9-2-3-10(16)6-12(9)15/h2-3,6,11H,4-5,7-8H2,1H3;2-3,6,8H,4-5,7H2,1H3. The first kappa shape index (κ1) is 28.7. The highest BCUT2D eigenvalue weighted by Gasteiger charge is 2.49.